The van der Waals surface area contributed by atoms with Crippen LogP contribution in [0.15, 0.2) is 18.2 Å². The topological polar surface area (TPSA) is 41.1 Å². The fraction of sp³-hybridized carbons (Fsp3) is 0.533. The minimum absolute atomic E-state index is 0.0714. The zero-order chi connectivity index (χ0) is 15.2. The number of thioether (sulfide) groups is 1. The van der Waals surface area contributed by atoms with Gasteiger partial charge in [0.25, 0.3) is 0 Å². The van der Waals surface area contributed by atoms with Crippen molar-refractivity contribution < 1.29 is 13.6 Å². The lowest BCUT2D eigenvalue weighted by Crippen LogP contribution is -2.35. The lowest BCUT2D eigenvalue weighted by atomic mass is 10.2. The third kappa shape index (κ3) is 4.68. The number of carbonyl (C=O) groups is 1. The van der Waals surface area contributed by atoms with Gasteiger partial charge in [-0.05, 0) is 37.1 Å². The fourth-order valence-corrected chi connectivity index (χ4v) is 3.69. The maximum Gasteiger partial charge on any atom is 0.238 e. The van der Waals surface area contributed by atoms with Gasteiger partial charge in [-0.3, -0.25) is 4.79 Å². The molecule has 1 aromatic rings. The van der Waals surface area contributed by atoms with E-state index in [1.807, 2.05) is 11.8 Å². The zero-order valence-corrected chi connectivity index (χ0v) is 12.8. The average Bonchev–Trinajstić information content (AvgIpc) is 2.89. The van der Waals surface area contributed by atoms with Crippen LogP contribution in [0.1, 0.15) is 26.2 Å². The van der Waals surface area contributed by atoms with Crippen molar-refractivity contribution in [2.45, 2.75) is 37.5 Å². The van der Waals surface area contributed by atoms with Gasteiger partial charge in [0.2, 0.25) is 5.91 Å². The van der Waals surface area contributed by atoms with E-state index in [1.165, 1.54) is 6.07 Å². The van der Waals surface area contributed by atoms with Crippen LogP contribution >= 0.6 is 11.8 Å². The summed E-state index contributed by atoms with van der Waals surface area (Å²) >= 11 is 1.94. The van der Waals surface area contributed by atoms with Crippen LogP contribution in [0.5, 0.6) is 0 Å². The minimum atomic E-state index is -0.761. The monoisotopic (exact) mass is 314 g/mol. The summed E-state index contributed by atoms with van der Waals surface area (Å²) in [6.45, 7) is 2.21. The van der Waals surface area contributed by atoms with Gasteiger partial charge in [-0.25, -0.2) is 8.78 Å². The second kappa shape index (κ2) is 7.75. The summed E-state index contributed by atoms with van der Waals surface area (Å²) in [5.74, 6) is -0.845. The van der Waals surface area contributed by atoms with E-state index in [2.05, 4.69) is 17.6 Å². The van der Waals surface area contributed by atoms with Crippen molar-refractivity contribution in [2.75, 3.05) is 17.6 Å². The summed E-state index contributed by atoms with van der Waals surface area (Å²) < 4.78 is 26.8. The van der Waals surface area contributed by atoms with E-state index in [4.69, 9.17) is 0 Å². The molecule has 2 atom stereocenters. The number of amides is 1. The molecule has 21 heavy (non-hydrogen) atoms. The van der Waals surface area contributed by atoms with Crippen molar-refractivity contribution in [3.05, 3.63) is 29.8 Å². The minimum Gasteiger partial charge on any atom is -0.320 e. The molecule has 0 heterocycles. The van der Waals surface area contributed by atoms with Crippen molar-refractivity contribution in [2.24, 2.45) is 0 Å². The predicted octanol–water partition coefficient (Wildman–Crippen LogP) is 3.17. The number of benzene rings is 1. The molecular formula is C15H20F2N2OS. The summed E-state index contributed by atoms with van der Waals surface area (Å²) in [4.78, 5) is 11.8. The summed E-state index contributed by atoms with van der Waals surface area (Å²) in [5.41, 5.74) is -0.380. The highest BCUT2D eigenvalue weighted by atomic mass is 32.2. The molecule has 1 fully saturated rings. The third-order valence-electron chi connectivity index (χ3n) is 3.57. The van der Waals surface area contributed by atoms with E-state index >= 15 is 0 Å². The van der Waals surface area contributed by atoms with Gasteiger partial charge < -0.3 is 10.6 Å². The van der Waals surface area contributed by atoms with Gasteiger partial charge in [0.15, 0.2) is 0 Å². The maximum atomic E-state index is 13.4. The Hall–Kier alpha value is -1.14. The van der Waals surface area contributed by atoms with Gasteiger partial charge in [0, 0.05) is 11.3 Å². The number of halogens is 2. The lowest BCUT2D eigenvalue weighted by Gasteiger charge is -2.13. The Morgan fingerprint density at radius 1 is 1.33 bits per heavy atom. The first-order valence-electron chi connectivity index (χ1n) is 7.19. The Morgan fingerprint density at radius 2 is 2.05 bits per heavy atom. The standard InChI is InChI=1S/C15H20F2N2OS/c1-2-21-11-7-6-10(8-11)18-9-14(20)19-15-12(16)4-3-5-13(15)17/h3-5,10-11,18H,2,6-9H2,1H3,(H,19,20). The van der Waals surface area contributed by atoms with Crippen molar-refractivity contribution in [3.63, 3.8) is 0 Å². The van der Waals surface area contributed by atoms with Gasteiger partial charge in [-0.1, -0.05) is 13.0 Å². The molecule has 0 saturated heterocycles. The lowest BCUT2D eigenvalue weighted by molar-refractivity contribution is -0.115. The van der Waals surface area contributed by atoms with E-state index in [0.29, 0.717) is 11.3 Å². The molecule has 2 N–H and O–H groups in total. The summed E-state index contributed by atoms with van der Waals surface area (Å²) in [6.07, 6.45) is 3.23. The van der Waals surface area contributed by atoms with E-state index < -0.39 is 17.5 Å². The van der Waals surface area contributed by atoms with Gasteiger partial charge in [0.1, 0.15) is 17.3 Å². The molecule has 2 unspecified atom stereocenters. The molecule has 0 bridgehead atoms. The van der Waals surface area contributed by atoms with Gasteiger partial charge in [-0.2, -0.15) is 11.8 Å². The first kappa shape index (κ1) is 16.2. The first-order chi connectivity index (χ1) is 10.1. The third-order valence-corrected chi connectivity index (χ3v) is 4.80. The normalized spacial score (nSPS) is 21.5. The van der Waals surface area contributed by atoms with Crippen LogP contribution in [-0.2, 0) is 4.79 Å². The quantitative estimate of drug-likeness (QED) is 0.847. The highest BCUT2D eigenvalue weighted by Crippen LogP contribution is 2.29. The molecule has 1 amide bonds. The van der Waals surface area contributed by atoms with Gasteiger partial charge >= 0.3 is 0 Å². The van der Waals surface area contributed by atoms with Crippen LogP contribution in [0.25, 0.3) is 0 Å². The molecule has 1 aromatic carbocycles. The Labute approximate surface area is 127 Å². The number of carbonyl (C=O) groups excluding carboxylic acids is 1. The predicted molar refractivity (Wildman–Crippen MR) is 82.5 cm³/mol. The molecule has 0 radical (unpaired) electrons. The highest BCUT2D eigenvalue weighted by Gasteiger charge is 2.24. The number of nitrogens with one attached hydrogen (secondary N) is 2. The SMILES string of the molecule is CCSC1CCC(NCC(=O)Nc2c(F)cccc2F)C1. The molecule has 3 nitrogen and oxygen atoms in total. The summed E-state index contributed by atoms with van der Waals surface area (Å²) in [5, 5.41) is 6.09. The van der Waals surface area contributed by atoms with Crippen LogP contribution in [0.4, 0.5) is 14.5 Å². The Bertz CT molecular complexity index is 478. The zero-order valence-electron chi connectivity index (χ0n) is 12.0. The number of para-hydroxylation sites is 1. The van der Waals surface area contributed by atoms with E-state index in [9.17, 15) is 13.6 Å². The van der Waals surface area contributed by atoms with Gasteiger partial charge in [-0.15, -0.1) is 0 Å². The maximum absolute atomic E-state index is 13.4. The van der Waals surface area contributed by atoms with Crippen LogP contribution in [0.3, 0.4) is 0 Å². The van der Waals surface area contributed by atoms with Crippen molar-refractivity contribution in [1.29, 1.82) is 0 Å². The van der Waals surface area contributed by atoms with Crippen molar-refractivity contribution in [3.8, 4) is 0 Å². The number of anilines is 1. The van der Waals surface area contributed by atoms with E-state index in [-0.39, 0.29) is 12.2 Å². The van der Waals surface area contributed by atoms with E-state index in [0.717, 1.165) is 37.1 Å². The second-order valence-corrected chi connectivity index (χ2v) is 6.69. The number of hydrogen-bond donors (Lipinski definition) is 2. The van der Waals surface area contributed by atoms with Crippen molar-refractivity contribution >= 4 is 23.4 Å². The molecular weight excluding hydrogens is 294 g/mol. The van der Waals surface area contributed by atoms with Crippen LogP contribution in [0.2, 0.25) is 0 Å². The average molecular weight is 314 g/mol. The first-order valence-corrected chi connectivity index (χ1v) is 8.24. The van der Waals surface area contributed by atoms with E-state index in [1.54, 1.807) is 0 Å². The number of rotatable bonds is 6. The Kier molecular flexibility index (Phi) is 5.99. The van der Waals surface area contributed by atoms with Crippen molar-refractivity contribution in [1.82, 2.24) is 5.32 Å². The Balaban J connectivity index is 1.78. The smallest absolute Gasteiger partial charge is 0.238 e. The van der Waals surface area contributed by atoms with Crippen LogP contribution < -0.4 is 10.6 Å². The fourth-order valence-electron chi connectivity index (χ4n) is 2.55. The molecule has 0 aromatic heterocycles. The summed E-state index contributed by atoms with van der Waals surface area (Å²) in [6, 6.07) is 3.82. The summed E-state index contributed by atoms with van der Waals surface area (Å²) in [7, 11) is 0. The second-order valence-electron chi connectivity index (χ2n) is 5.11. The molecule has 6 heteroatoms. The largest absolute Gasteiger partial charge is 0.320 e. The Morgan fingerprint density at radius 3 is 2.71 bits per heavy atom. The highest BCUT2D eigenvalue weighted by molar-refractivity contribution is 7.99. The van der Waals surface area contributed by atoms with Crippen LogP contribution in [0, 0.1) is 11.6 Å². The molecule has 0 spiro atoms. The molecule has 116 valence electrons. The molecule has 1 saturated carbocycles. The van der Waals surface area contributed by atoms with Gasteiger partial charge in [0.05, 0.1) is 6.54 Å². The molecule has 1 aliphatic rings. The number of hydrogen-bond acceptors (Lipinski definition) is 3. The molecule has 1 aliphatic carbocycles. The van der Waals surface area contributed by atoms with Crippen LogP contribution in [-0.4, -0.2) is 29.5 Å². The molecule has 2 rings (SSSR count). The molecule has 0 aliphatic heterocycles.